The molecule has 0 fully saturated rings. The zero-order valence-corrected chi connectivity index (χ0v) is 20.3. The Bertz CT molecular complexity index is 1220. The average molecular weight is 478 g/mol. The van der Waals surface area contributed by atoms with Gasteiger partial charge in [-0.15, -0.1) is 0 Å². The molecule has 176 valence electrons. The van der Waals surface area contributed by atoms with E-state index in [0.717, 1.165) is 0 Å². The normalized spacial score (nSPS) is 10.9. The van der Waals surface area contributed by atoms with Crippen molar-refractivity contribution in [2.45, 2.75) is 26.2 Å². The predicted molar refractivity (Wildman–Crippen MR) is 137 cm³/mol. The van der Waals surface area contributed by atoms with Crippen LogP contribution in [-0.2, 0) is 5.41 Å². The van der Waals surface area contributed by atoms with Crippen molar-refractivity contribution < 1.29 is 19.4 Å². The molecule has 0 aliphatic rings. The van der Waals surface area contributed by atoms with Gasteiger partial charge in [0, 0.05) is 11.3 Å². The molecular weight excluding hydrogens is 450 g/mol. The lowest BCUT2D eigenvalue weighted by molar-refractivity contribution is 0.0998. The number of nitrogens with two attached hydrogens (primary N) is 1. The number of hydrogen-bond acceptors (Lipinski definition) is 5. The summed E-state index contributed by atoms with van der Waals surface area (Å²) in [5.74, 6) is 0.00892. The predicted octanol–water partition coefficient (Wildman–Crippen LogP) is 5.02. The number of nitrogens with zero attached hydrogens (tertiary/aromatic N) is 1. The molecule has 0 bridgehead atoms. The van der Waals surface area contributed by atoms with Gasteiger partial charge >= 0.3 is 6.03 Å². The van der Waals surface area contributed by atoms with Crippen LogP contribution in [0, 0.1) is 0 Å². The first kappa shape index (κ1) is 24.7. The van der Waals surface area contributed by atoms with Gasteiger partial charge in [-0.2, -0.15) is 0 Å². The Kier molecular flexibility index (Phi) is 7.22. The highest BCUT2D eigenvalue weighted by Gasteiger charge is 2.29. The Morgan fingerprint density at radius 2 is 1.62 bits per heavy atom. The van der Waals surface area contributed by atoms with E-state index in [-0.39, 0.29) is 27.9 Å². The maximum Gasteiger partial charge on any atom is 0.317 e. The monoisotopic (exact) mass is 477 g/mol. The fraction of sp³-hybridized carbons (Fsp3) is 0.192. The molecule has 0 aliphatic heterocycles. The molecule has 3 aromatic carbocycles. The first-order valence-electron chi connectivity index (χ1n) is 10.6. The van der Waals surface area contributed by atoms with E-state index in [9.17, 15) is 14.7 Å². The summed E-state index contributed by atoms with van der Waals surface area (Å²) in [4.78, 5) is 26.6. The lowest BCUT2D eigenvalue weighted by Gasteiger charge is -2.29. The first-order chi connectivity index (χ1) is 16.0. The second-order valence-corrected chi connectivity index (χ2v) is 9.04. The summed E-state index contributed by atoms with van der Waals surface area (Å²) in [6.07, 6.45) is 0. The van der Waals surface area contributed by atoms with Crippen molar-refractivity contribution in [2.24, 2.45) is 5.73 Å². The van der Waals surface area contributed by atoms with Crippen LogP contribution in [0.1, 0.15) is 42.3 Å². The fourth-order valence-corrected chi connectivity index (χ4v) is 3.90. The number of carbonyl (C=O) groups is 2. The van der Waals surface area contributed by atoms with Crippen molar-refractivity contribution in [3.8, 4) is 11.5 Å². The number of nitrogens with one attached hydrogen (secondary N) is 1. The van der Waals surface area contributed by atoms with Gasteiger partial charge in [0.15, 0.2) is 0 Å². The summed E-state index contributed by atoms with van der Waals surface area (Å²) in [7, 11) is 1.55. The smallest absolute Gasteiger partial charge is 0.317 e. The van der Waals surface area contributed by atoms with Crippen LogP contribution in [0.4, 0.5) is 16.2 Å². The van der Waals surface area contributed by atoms with Crippen molar-refractivity contribution in [3.05, 3.63) is 83.4 Å². The van der Waals surface area contributed by atoms with E-state index in [1.807, 2.05) is 26.8 Å². The lowest BCUT2D eigenvalue weighted by atomic mass is 9.83. The van der Waals surface area contributed by atoms with Crippen LogP contribution >= 0.6 is 12.2 Å². The second kappa shape index (κ2) is 9.93. The number of phenolic OH excluding ortho intramolecular Hbond substituents is 1. The Hall–Kier alpha value is -3.91. The molecule has 4 N–H and O–H groups in total. The second-order valence-electron chi connectivity index (χ2n) is 8.63. The highest BCUT2D eigenvalue weighted by molar-refractivity contribution is 7.80. The van der Waals surface area contributed by atoms with E-state index in [4.69, 9.17) is 22.7 Å². The molecule has 0 aromatic heterocycles. The molecular formula is C26H27N3O4S. The standard InChI is InChI=1S/C26H27N3O4S/c1-26(2,3)19-14-15-20(22(30)21(19)23(34)28-25(27)32)29(17-8-6-5-7-9-17)24(31)16-10-12-18(33-4)13-11-16/h5-15,30H,1-4H3,(H3,27,28,32,34). The molecule has 34 heavy (non-hydrogen) atoms. The fourth-order valence-electron chi connectivity index (χ4n) is 3.60. The van der Waals surface area contributed by atoms with Crippen molar-refractivity contribution in [2.75, 3.05) is 12.0 Å². The van der Waals surface area contributed by atoms with Crippen LogP contribution in [0.3, 0.4) is 0 Å². The van der Waals surface area contributed by atoms with E-state index in [1.54, 1.807) is 67.8 Å². The lowest BCUT2D eigenvalue weighted by Crippen LogP contribution is -2.36. The molecule has 3 amide bonds. The first-order valence-corrected chi connectivity index (χ1v) is 11.0. The highest BCUT2D eigenvalue weighted by atomic mass is 32.1. The number of urea groups is 1. The van der Waals surface area contributed by atoms with Crippen molar-refractivity contribution >= 4 is 40.5 Å². The van der Waals surface area contributed by atoms with E-state index >= 15 is 0 Å². The van der Waals surface area contributed by atoms with Gasteiger partial charge in [0.2, 0.25) is 0 Å². The summed E-state index contributed by atoms with van der Waals surface area (Å²) in [6, 6.07) is 18.2. The van der Waals surface area contributed by atoms with E-state index in [2.05, 4.69) is 5.32 Å². The van der Waals surface area contributed by atoms with Crippen molar-refractivity contribution in [1.29, 1.82) is 0 Å². The number of amides is 3. The average Bonchev–Trinajstić information content (AvgIpc) is 2.79. The quantitative estimate of drug-likeness (QED) is 0.448. The zero-order chi connectivity index (χ0) is 25.0. The molecule has 0 atom stereocenters. The number of methoxy groups -OCH3 is 1. The minimum absolute atomic E-state index is 0.0262. The van der Waals surface area contributed by atoms with Gasteiger partial charge < -0.3 is 15.6 Å². The Morgan fingerprint density at radius 3 is 2.15 bits per heavy atom. The minimum Gasteiger partial charge on any atom is -0.505 e. The van der Waals surface area contributed by atoms with Gasteiger partial charge in [0.1, 0.15) is 16.5 Å². The van der Waals surface area contributed by atoms with Gasteiger partial charge in [-0.05, 0) is 53.4 Å². The minimum atomic E-state index is -0.844. The number of para-hydroxylation sites is 1. The molecule has 0 saturated heterocycles. The summed E-state index contributed by atoms with van der Waals surface area (Å²) in [5.41, 5.74) is 6.94. The maximum atomic E-state index is 13.7. The summed E-state index contributed by atoms with van der Waals surface area (Å²) in [6.45, 7) is 5.86. The largest absolute Gasteiger partial charge is 0.505 e. The Morgan fingerprint density at radius 1 is 1.00 bits per heavy atom. The van der Waals surface area contributed by atoms with Crippen LogP contribution in [-0.4, -0.2) is 29.1 Å². The summed E-state index contributed by atoms with van der Waals surface area (Å²) in [5, 5.41) is 13.8. The molecule has 8 heteroatoms. The zero-order valence-electron chi connectivity index (χ0n) is 19.5. The number of hydrogen-bond donors (Lipinski definition) is 3. The molecule has 0 heterocycles. The molecule has 3 aromatic rings. The Labute approximate surface area is 204 Å². The molecule has 0 unspecified atom stereocenters. The topological polar surface area (TPSA) is 105 Å². The molecule has 0 aliphatic carbocycles. The van der Waals surface area contributed by atoms with Gasteiger partial charge in [0.25, 0.3) is 5.91 Å². The summed E-state index contributed by atoms with van der Waals surface area (Å²) >= 11 is 5.40. The van der Waals surface area contributed by atoms with Crippen LogP contribution < -0.4 is 20.7 Å². The number of phenols is 1. The summed E-state index contributed by atoms with van der Waals surface area (Å²) < 4.78 is 5.19. The number of rotatable bonds is 5. The third-order valence-corrected chi connectivity index (χ3v) is 5.53. The maximum absolute atomic E-state index is 13.7. The van der Waals surface area contributed by atoms with Crippen LogP contribution in [0.15, 0.2) is 66.7 Å². The molecule has 7 nitrogen and oxygen atoms in total. The molecule has 3 rings (SSSR count). The van der Waals surface area contributed by atoms with E-state index in [1.165, 1.54) is 4.90 Å². The third kappa shape index (κ3) is 5.18. The van der Waals surface area contributed by atoms with Crippen LogP contribution in [0.5, 0.6) is 11.5 Å². The number of carbonyl (C=O) groups excluding carboxylic acids is 2. The van der Waals surface area contributed by atoms with Crippen LogP contribution in [0.25, 0.3) is 0 Å². The number of benzene rings is 3. The number of thiocarbonyl (C=S) groups is 1. The number of primary amides is 1. The van der Waals surface area contributed by atoms with E-state index < -0.39 is 11.4 Å². The SMILES string of the molecule is COc1ccc(C(=O)N(c2ccccc2)c2ccc(C(C)(C)C)c(C(=S)NC(N)=O)c2O)cc1. The third-order valence-electron chi connectivity index (χ3n) is 5.22. The van der Waals surface area contributed by atoms with E-state index in [0.29, 0.717) is 22.6 Å². The highest BCUT2D eigenvalue weighted by Crippen LogP contribution is 2.41. The molecule has 0 saturated carbocycles. The molecule has 0 spiro atoms. The van der Waals surface area contributed by atoms with Gasteiger partial charge in [0.05, 0.1) is 18.4 Å². The van der Waals surface area contributed by atoms with Crippen molar-refractivity contribution in [1.82, 2.24) is 5.32 Å². The number of aromatic hydroxyl groups is 1. The Balaban J connectivity index is 2.24. The van der Waals surface area contributed by atoms with Gasteiger partial charge in [-0.25, -0.2) is 4.79 Å². The number of anilines is 2. The van der Waals surface area contributed by atoms with Gasteiger partial charge in [-0.1, -0.05) is 57.3 Å². The van der Waals surface area contributed by atoms with Crippen molar-refractivity contribution in [3.63, 3.8) is 0 Å². The number of ether oxygens (including phenoxy) is 1. The molecule has 0 radical (unpaired) electrons. The van der Waals surface area contributed by atoms with Gasteiger partial charge in [-0.3, -0.25) is 15.0 Å². The van der Waals surface area contributed by atoms with Crippen LogP contribution in [0.2, 0.25) is 0 Å².